The van der Waals surface area contributed by atoms with E-state index in [1.807, 2.05) is 24.3 Å². The molecule has 0 aliphatic rings. The van der Waals surface area contributed by atoms with Gasteiger partial charge in [-0.1, -0.05) is 52.3 Å². The van der Waals surface area contributed by atoms with E-state index in [2.05, 4.69) is 74.7 Å². The molecule has 0 bridgehead atoms. The molecule has 0 amide bonds. The number of fused-ring (bicyclic) bond motifs is 1. The average Bonchev–Trinajstić information content (AvgIpc) is 3.14. The molecule has 2 aromatic heterocycles. The third-order valence-corrected chi connectivity index (χ3v) is 5.13. The molecule has 2 aromatic carbocycles. The molecule has 4 aromatic rings. The van der Waals surface area contributed by atoms with Crippen molar-refractivity contribution in [3.05, 3.63) is 88.6 Å². The molecule has 0 N–H and O–H groups in total. The first-order valence-electron chi connectivity index (χ1n) is 7.97. The lowest BCUT2D eigenvalue weighted by molar-refractivity contribution is -0.694. The Bertz CT molecular complexity index is 971. The minimum atomic E-state index is 0. The standard InChI is InChI=1S/C20H18BrN2O.BrH/c1-15-22(13-17-7-2-4-8-19(17)21)10-11-23(15)14-18-12-16-6-3-5-9-20(16)24-18;/h2-12H,13-14H2,1H3;1H/q+1;/p-1. The summed E-state index contributed by atoms with van der Waals surface area (Å²) in [5.74, 6) is 2.18. The second-order valence-corrected chi connectivity index (χ2v) is 6.80. The van der Waals surface area contributed by atoms with Gasteiger partial charge in [0.2, 0.25) is 0 Å². The van der Waals surface area contributed by atoms with Crippen LogP contribution in [-0.4, -0.2) is 4.57 Å². The third kappa shape index (κ3) is 3.72. The summed E-state index contributed by atoms with van der Waals surface area (Å²) < 4.78 is 11.5. The van der Waals surface area contributed by atoms with E-state index in [1.54, 1.807) is 0 Å². The summed E-state index contributed by atoms with van der Waals surface area (Å²) in [6, 6.07) is 18.6. The first-order valence-corrected chi connectivity index (χ1v) is 8.76. The second kappa shape index (κ2) is 7.58. The predicted octanol–water partition coefficient (Wildman–Crippen LogP) is 1.69. The van der Waals surface area contributed by atoms with E-state index in [1.165, 1.54) is 11.4 Å². The van der Waals surface area contributed by atoms with Gasteiger partial charge in [-0.15, -0.1) is 0 Å². The molecule has 0 saturated heterocycles. The van der Waals surface area contributed by atoms with Gasteiger partial charge in [-0.25, -0.2) is 9.13 Å². The zero-order valence-electron chi connectivity index (χ0n) is 13.8. The van der Waals surface area contributed by atoms with Gasteiger partial charge in [0.05, 0.1) is 0 Å². The summed E-state index contributed by atoms with van der Waals surface area (Å²) in [7, 11) is 0. The van der Waals surface area contributed by atoms with Crippen molar-refractivity contribution in [3.63, 3.8) is 0 Å². The molecular formula is C20H18Br2N2O. The van der Waals surface area contributed by atoms with Crippen molar-refractivity contribution in [1.82, 2.24) is 4.57 Å². The van der Waals surface area contributed by atoms with Crippen LogP contribution in [-0.2, 0) is 13.1 Å². The Balaban J connectivity index is 0.00000182. The Hall–Kier alpha value is -1.85. The Kier molecular flexibility index (Phi) is 5.45. The molecule has 3 nitrogen and oxygen atoms in total. The van der Waals surface area contributed by atoms with Crippen molar-refractivity contribution in [2.75, 3.05) is 0 Å². The van der Waals surface area contributed by atoms with Gasteiger partial charge in [-0.05, 0) is 18.2 Å². The number of hydrogen-bond donors (Lipinski definition) is 0. The highest BCUT2D eigenvalue weighted by Gasteiger charge is 2.15. The number of nitrogens with zero attached hydrogens (tertiary/aromatic N) is 2. The predicted molar refractivity (Wildman–Crippen MR) is 97.9 cm³/mol. The third-order valence-electron chi connectivity index (χ3n) is 4.36. The van der Waals surface area contributed by atoms with Crippen molar-refractivity contribution < 1.29 is 26.0 Å². The average molecular weight is 462 g/mol. The SMILES string of the molecule is Cc1n(Cc2cc3ccccc3o2)cc[n+]1Cc1ccccc1Br.[Br-]. The molecule has 0 spiro atoms. The summed E-state index contributed by atoms with van der Waals surface area (Å²) >= 11 is 3.62. The van der Waals surface area contributed by atoms with Crippen LogP contribution in [0.15, 0.2) is 75.9 Å². The van der Waals surface area contributed by atoms with Crippen LogP contribution in [0.3, 0.4) is 0 Å². The van der Waals surface area contributed by atoms with Gasteiger partial charge < -0.3 is 21.4 Å². The van der Waals surface area contributed by atoms with Crippen LogP contribution in [0.2, 0.25) is 0 Å². The van der Waals surface area contributed by atoms with E-state index >= 15 is 0 Å². The highest BCUT2D eigenvalue weighted by Crippen LogP contribution is 2.20. The van der Waals surface area contributed by atoms with Crippen molar-refractivity contribution >= 4 is 26.9 Å². The number of benzene rings is 2. The lowest BCUT2D eigenvalue weighted by atomic mass is 10.2. The number of halogens is 2. The van der Waals surface area contributed by atoms with E-state index in [9.17, 15) is 0 Å². The van der Waals surface area contributed by atoms with Crippen LogP contribution in [0.25, 0.3) is 11.0 Å². The number of aromatic nitrogens is 2. The molecule has 0 saturated carbocycles. The fourth-order valence-electron chi connectivity index (χ4n) is 2.97. The van der Waals surface area contributed by atoms with Crippen LogP contribution >= 0.6 is 15.9 Å². The molecule has 0 fully saturated rings. The van der Waals surface area contributed by atoms with Crippen molar-refractivity contribution in [2.24, 2.45) is 0 Å². The lowest BCUT2D eigenvalue weighted by Crippen LogP contribution is -3.00. The smallest absolute Gasteiger partial charge is 0.253 e. The number of imidazole rings is 1. The zero-order valence-corrected chi connectivity index (χ0v) is 17.0. The molecule has 128 valence electrons. The van der Waals surface area contributed by atoms with Crippen LogP contribution < -0.4 is 21.5 Å². The van der Waals surface area contributed by atoms with Crippen LogP contribution in [0, 0.1) is 6.92 Å². The van der Waals surface area contributed by atoms with E-state index < -0.39 is 0 Å². The summed E-state index contributed by atoms with van der Waals surface area (Å²) in [6.45, 7) is 3.73. The second-order valence-electron chi connectivity index (χ2n) is 5.94. The molecule has 0 aliphatic heterocycles. The number of hydrogen-bond acceptors (Lipinski definition) is 1. The maximum Gasteiger partial charge on any atom is 0.253 e. The van der Waals surface area contributed by atoms with Gasteiger partial charge in [0.15, 0.2) is 0 Å². The molecular weight excluding hydrogens is 444 g/mol. The molecule has 0 atom stereocenters. The van der Waals surface area contributed by atoms with Gasteiger partial charge in [0.25, 0.3) is 5.82 Å². The van der Waals surface area contributed by atoms with Crippen molar-refractivity contribution in [3.8, 4) is 0 Å². The van der Waals surface area contributed by atoms with E-state index in [0.717, 1.165) is 34.3 Å². The lowest BCUT2D eigenvalue weighted by Gasteiger charge is -2.03. The first kappa shape index (κ1) is 18.0. The summed E-state index contributed by atoms with van der Waals surface area (Å²) in [5, 5.41) is 1.15. The summed E-state index contributed by atoms with van der Waals surface area (Å²) in [5.41, 5.74) is 2.21. The first-order chi connectivity index (χ1) is 11.7. The molecule has 5 heteroatoms. The molecule has 0 unspecified atom stereocenters. The fourth-order valence-corrected chi connectivity index (χ4v) is 3.38. The largest absolute Gasteiger partial charge is 1.00 e. The Labute approximate surface area is 165 Å². The number of para-hydroxylation sites is 1. The fraction of sp³-hybridized carbons (Fsp3) is 0.150. The van der Waals surface area contributed by atoms with Gasteiger partial charge in [0, 0.05) is 22.3 Å². The highest BCUT2D eigenvalue weighted by atomic mass is 79.9. The van der Waals surface area contributed by atoms with Crippen LogP contribution in [0.1, 0.15) is 17.1 Å². The minimum absolute atomic E-state index is 0. The summed E-state index contributed by atoms with van der Waals surface area (Å²) in [4.78, 5) is 0. The van der Waals surface area contributed by atoms with E-state index in [-0.39, 0.29) is 17.0 Å². The highest BCUT2D eigenvalue weighted by molar-refractivity contribution is 9.10. The van der Waals surface area contributed by atoms with Crippen molar-refractivity contribution in [1.29, 1.82) is 0 Å². The Morgan fingerprint density at radius 1 is 1.08 bits per heavy atom. The van der Waals surface area contributed by atoms with Crippen LogP contribution in [0.5, 0.6) is 0 Å². The Morgan fingerprint density at radius 3 is 2.64 bits per heavy atom. The molecule has 4 rings (SSSR count). The van der Waals surface area contributed by atoms with Crippen molar-refractivity contribution in [2.45, 2.75) is 20.0 Å². The topological polar surface area (TPSA) is 21.9 Å². The Morgan fingerprint density at radius 2 is 1.84 bits per heavy atom. The molecule has 0 aliphatic carbocycles. The zero-order chi connectivity index (χ0) is 16.5. The monoisotopic (exact) mass is 460 g/mol. The van der Waals surface area contributed by atoms with E-state index in [0.29, 0.717) is 0 Å². The number of rotatable bonds is 4. The minimum Gasteiger partial charge on any atom is -1.00 e. The van der Waals surface area contributed by atoms with Gasteiger partial charge in [-0.3, -0.25) is 0 Å². The van der Waals surface area contributed by atoms with E-state index in [4.69, 9.17) is 4.42 Å². The summed E-state index contributed by atoms with van der Waals surface area (Å²) in [6.07, 6.45) is 4.23. The van der Waals surface area contributed by atoms with Gasteiger partial charge >= 0.3 is 0 Å². The van der Waals surface area contributed by atoms with Gasteiger partial charge in [0.1, 0.15) is 36.8 Å². The quantitative estimate of drug-likeness (QED) is 0.424. The maximum atomic E-state index is 5.94. The molecule has 0 radical (unpaired) electrons. The molecule has 25 heavy (non-hydrogen) atoms. The maximum absolute atomic E-state index is 5.94. The van der Waals surface area contributed by atoms with Crippen LogP contribution in [0.4, 0.5) is 0 Å². The van der Waals surface area contributed by atoms with Gasteiger partial charge in [-0.2, -0.15) is 0 Å². The number of furan rings is 1. The molecule has 2 heterocycles. The normalized spacial score (nSPS) is 10.8.